The molecule has 1 saturated heterocycles. The number of unbranched alkanes of at least 4 members (excludes halogenated alkanes) is 1. The number of benzene rings is 1. The van der Waals surface area contributed by atoms with Crippen LogP contribution in [-0.2, 0) is 6.42 Å². The number of hydrogen-bond acceptors (Lipinski definition) is 6. The van der Waals surface area contributed by atoms with Crippen molar-refractivity contribution in [2.75, 3.05) is 51.3 Å². The summed E-state index contributed by atoms with van der Waals surface area (Å²) in [5.41, 5.74) is 1.15. The molecule has 1 aromatic carbocycles. The molecular weight excluding hydrogens is 372 g/mol. The van der Waals surface area contributed by atoms with E-state index in [0.29, 0.717) is 11.6 Å². The van der Waals surface area contributed by atoms with Gasteiger partial charge in [-0.05, 0) is 25.0 Å². The Balaban J connectivity index is 1.39. The van der Waals surface area contributed by atoms with E-state index in [0.717, 1.165) is 63.4 Å². The molecule has 6 nitrogen and oxygen atoms in total. The molecule has 1 aliphatic rings. The van der Waals surface area contributed by atoms with Crippen molar-refractivity contribution in [3.63, 3.8) is 0 Å². The Morgan fingerprint density at radius 1 is 1.25 bits per heavy atom. The molecule has 0 saturated carbocycles. The maximum absolute atomic E-state index is 12.3. The third kappa shape index (κ3) is 5.45. The highest BCUT2D eigenvalue weighted by Gasteiger charge is 2.19. The number of carbonyl (C=O) groups excluding carboxylic acids is 1. The van der Waals surface area contributed by atoms with Gasteiger partial charge in [0.1, 0.15) is 5.75 Å². The zero-order valence-electron chi connectivity index (χ0n) is 16.8. The van der Waals surface area contributed by atoms with Crippen LogP contribution < -0.4 is 15.0 Å². The first-order valence-corrected chi connectivity index (χ1v) is 10.9. The first-order valence-electron chi connectivity index (χ1n) is 10.0. The van der Waals surface area contributed by atoms with Gasteiger partial charge in [0.25, 0.3) is 5.91 Å². The fraction of sp³-hybridized carbons (Fsp3) is 0.524. The van der Waals surface area contributed by atoms with E-state index in [1.807, 2.05) is 24.4 Å². The number of para-hydroxylation sites is 2. The van der Waals surface area contributed by atoms with Crippen LogP contribution in [0.2, 0.25) is 0 Å². The van der Waals surface area contributed by atoms with Crippen molar-refractivity contribution in [3.05, 3.63) is 40.3 Å². The van der Waals surface area contributed by atoms with Crippen molar-refractivity contribution in [2.45, 2.75) is 26.2 Å². The lowest BCUT2D eigenvalue weighted by Crippen LogP contribution is -2.48. The first kappa shape index (κ1) is 20.6. The van der Waals surface area contributed by atoms with Gasteiger partial charge in [0, 0.05) is 50.3 Å². The van der Waals surface area contributed by atoms with Crippen molar-refractivity contribution in [1.29, 1.82) is 0 Å². The molecule has 2 aromatic rings. The maximum atomic E-state index is 12.3. The fourth-order valence-corrected chi connectivity index (χ4v) is 4.26. The molecule has 2 heterocycles. The molecule has 0 spiro atoms. The van der Waals surface area contributed by atoms with E-state index in [-0.39, 0.29) is 5.91 Å². The summed E-state index contributed by atoms with van der Waals surface area (Å²) >= 11 is 1.51. The molecule has 1 N–H and O–H groups in total. The number of piperazine rings is 1. The second-order valence-electron chi connectivity index (χ2n) is 6.99. The van der Waals surface area contributed by atoms with Crippen molar-refractivity contribution in [1.82, 2.24) is 15.2 Å². The topological polar surface area (TPSA) is 57.7 Å². The van der Waals surface area contributed by atoms with Gasteiger partial charge in [-0.15, -0.1) is 11.3 Å². The van der Waals surface area contributed by atoms with Crippen LogP contribution in [0.15, 0.2) is 30.5 Å². The van der Waals surface area contributed by atoms with Gasteiger partial charge in [0.2, 0.25) is 0 Å². The lowest BCUT2D eigenvalue weighted by molar-refractivity contribution is 0.0947. The minimum atomic E-state index is -0.0552. The standard InChI is InChI=1S/C21H30N4O2S/c1-3-4-7-17-16-23-21(28-17)20(26)22-10-11-24-12-14-25(15-13-24)18-8-5-6-9-19(18)27-2/h5-6,8-9,16H,3-4,7,10-15H2,1-2H3,(H,22,26). The molecule has 1 fully saturated rings. The smallest absolute Gasteiger partial charge is 0.280 e. The molecule has 0 unspecified atom stereocenters. The molecule has 0 atom stereocenters. The summed E-state index contributed by atoms with van der Waals surface area (Å²) in [6.07, 6.45) is 5.15. The molecule has 1 aromatic heterocycles. The summed E-state index contributed by atoms with van der Waals surface area (Å²) in [7, 11) is 1.72. The average molecular weight is 403 g/mol. The number of anilines is 1. The van der Waals surface area contributed by atoms with Gasteiger partial charge in [-0.2, -0.15) is 0 Å². The van der Waals surface area contributed by atoms with Crippen molar-refractivity contribution >= 4 is 22.9 Å². The zero-order chi connectivity index (χ0) is 19.8. The van der Waals surface area contributed by atoms with E-state index < -0.39 is 0 Å². The third-order valence-electron chi connectivity index (χ3n) is 5.04. The van der Waals surface area contributed by atoms with Crippen LogP contribution in [0.3, 0.4) is 0 Å². The predicted molar refractivity (Wildman–Crippen MR) is 115 cm³/mol. The van der Waals surface area contributed by atoms with Crippen LogP contribution >= 0.6 is 11.3 Å². The van der Waals surface area contributed by atoms with Gasteiger partial charge in [-0.3, -0.25) is 9.69 Å². The Morgan fingerprint density at radius 2 is 2.04 bits per heavy atom. The second kappa shape index (κ2) is 10.4. The van der Waals surface area contributed by atoms with Crippen LogP contribution in [0.25, 0.3) is 0 Å². The number of aromatic nitrogens is 1. The molecule has 3 rings (SSSR count). The summed E-state index contributed by atoms with van der Waals surface area (Å²) in [6.45, 7) is 7.56. The number of methoxy groups -OCH3 is 1. The third-order valence-corrected chi connectivity index (χ3v) is 6.09. The molecule has 1 amide bonds. The van der Waals surface area contributed by atoms with Crippen LogP contribution in [0.5, 0.6) is 5.75 Å². The summed E-state index contributed by atoms with van der Waals surface area (Å²) in [4.78, 5) is 22.5. The van der Waals surface area contributed by atoms with Crippen molar-refractivity contribution in [2.24, 2.45) is 0 Å². The molecule has 0 radical (unpaired) electrons. The Hall–Kier alpha value is -2.12. The van der Waals surface area contributed by atoms with Gasteiger partial charge >= 0.3 is 0 Å². The predicted octanol–water partition coefficient (Wildman–Crippen LogP) is 3.05. The number of aryl methyl sites for hydroxylation is 1. The Kier molecular flexibility index (Phi) is 7.68. The highest BCUT2D eigenvalue weighted by molar-refractivity contribution is 7.13. The Bertz CT molecular complexity index is 756. The SMILES string of the molecule is CCCCc1cnc(C(=O)NCCN2CCN(c3ccccc3OC)CC2)s1. The van der Waals surface area contributed by atoms with Crippen LogP contribution in [0.4, 0.5) is 5.69 Å². The number of amides is 1. The summed E-state index contributed by atoms with van der Waals surface area (Å²) < 4.78 is 5.47. The molecular formula is C21H30N4O2S. The average Bonchev–Trinajstić information content (AvgIpc) is 3.22. The number of nitrogens with zero attached hydrogens (tertiary/aromatic N) is 3. The molecule has 0 bridgehead atoms. The molecule has 0 aliphatic carbocycles. The molecule has 7 heteroatoms. The lowest BCUT2D eigenvalue weighted by atomic mass is 10.2. The summed E-state index contributed by atoms with van der Waals surface area (Å²) in [5.74, 6) is 0.866. The number of nitrogens with one attached hydrogen (secondary N) is 1. The summed E-state index contributed by atoms with van der Waals surface area (Å²) in [6, 6.07) is 8.16. The highest BCUT2D eigenvalue weighted by atomic mass is 32.1. The Labute approximate surface area is 171 Å². The molecule has 1 aliphatic heterocycles. The van der Waals surface area contributed by atoms with E-state index in [4.69, 9.17) is 4.74 Å². The largest absolute Gasteiger partial charge is 0.495 e. The van der Waals surface area contributed by atoms with Gasteiger partial charge in [-0.1, -0.05) is 25.5 Å². The van der Waals surface area contributed by atoms with Crippen molar-refractivity contribution < 1.29 is 9.53 Å². The van der Waals surface area contributed by atoms with E-state index in [9.17, 15) is 4.79 Å². The lowest BCUT2D eigenvalue weighted by Gasteiger charge is -2.36. The van der Waals surface area contributed by atoms with Gasteiger partial charge in [-0.25, -0.2) is 4.98 Å². The van der Waals surface area contributed by atoms with Gasteiger partial charge in [0.15, 0.2) is 5.01 Å². The second-order valence-corrected chi connectivity index (χ2v) is 8.11. The normalized spacial score (nSPS) is 14.9. The number of hydrogen-bond donors (Lipinski definition) is 1. The Morgan fingerprint density at radius 3 is 2.79 bits per heavy atom. The molecule has 28 heavy (non-hydrogen) atoms. The van der Waals surface area contributed by atoms with E-state index in [2.05, 4.69) is 33.1 Å². The minimum Gasteiger partial charge on any atom is -0.495 e. The van der Waals surface area contributed by atoms with E-state index in [1.165, 1.54) is 16.2 Å². The van der Waals surface area contributed by atoms with Crippen LogP contribution in [-0.4, -0.2) is 62.2 Å². The van der Waals surface area contributed by atoms with Crippen LogP contribution in [0, 0.1) is 0 Å². The minimum absolute atomic E-state index is 0.0552. The fourth-order valence-electron chi connectivity index (χ4n) is 3.39. The quantitative estimate of drug-likeness (QED) is 0.699. The highest BCUT2D eigenvalue weighted by Crippen LogP contribution is 2.28. The number of carbonyl (C=O) groups is 1. The number of rotatable bonds is 9. The molecule has 152 valence electrons. The van der Waals surface area contributed by atoms with E-state index >= 15 is 0 Å². The van der Waals surface area contributed by atoms with E-state index in [1.54, 1.807) is 7.11 Å². The number of ether oxygens (including phenoxy) is 1. The summed E-state index contributed by atoms with van der Waals surface area (Å²) in [5, 5.41) is 3.59. The van der Waals surface area contributed by atoms with Crippen molar-refractivity contribution in [3.8, 4) is 5.75 Å². The van der Waals surface area contributed by atoms with Gasteiger partial charge in [0.05, 0.1) is 12.8 Å². The van der Waals surface area contributed by atoms with Gasteiger partial charge < -0.3 is 15.0 Å². The zero-order valence-corrected chi connectivity index (χ0v) is 17.6. The monoisotopic (exact) mass is 402 g/mol. The maximum Gasteiger partial charge on any atom is 0.280 e. The van der Waals surface area contributed by atoms with Crippen LogP contribution in [0.1, 0.15) is 34.4 Å². The first-order chi connectivity index (χ1) is 13.7. The number of thiazole rings is 1.